The maximum atomic E-state index is 12.9. The van der Waals surface area contributed by atoms with Crippen molar-refractivity contribution >= 4 is 0 Å². The number of unbranched alkanes of at least 4 members (excludes halogenated alkanes) is 1. The van der Waals surface area contributed by atoms with Crippen LogP contribution in [0.2, 0.25) is 0 Å². The van der Waals surface area contributed by atoms with Crippen LogP contribution in [0.25, 0.3) is 0 Å². The Morgan fingerprint density at radius 3 is 2.43 bits per heavy atom. The van der Waals surface area contributed by atoms with Gasteiger partial charge in [0.2, 0.25) is 5.82 Å². The maximum Gasteiger partial charge on any atom is 0.449 e. The summed E-state index contributed by atoms with van der Waals surface area (Å²) in [4.78, 5) is 3.60. The molecule has 3 nitrogen and oxygen atoms in total. The third-order valence-corrected chi connectivity index (χ3v) is 3.33. The molecule has 1 aliphatic heterocycles. The predicted octanol–water partition coefficient (Wildman–Crippen LogP) is 3.28. The van der Waals surface area contributed by atoms with Crippen molar-refractivity contribution in [2.45, 2.75) is 51.1 Å². The van der Waals surface area contributed by atoms with Gasteiger partial charge in [-0.2, -0.15) is 26.3 Å². The number of aromatic nitrogens is 2. The summed E-state index contributed by atoms with van der Waals surface area (Å²) in [6.07, 6.45) is -9.60. The second-order valence-corrected chi connectivity index (χ2v) is 4.98. The van der Waals surface area contributed by atoms with E-state index in [0.29, 0.717) is 24.4 Å². The lowest BCUT2D eigenvalue weighted by molar-refractivity contribution is -0.148. The first-order valence-corrected chi connectivity index (χ1v) is 6.61. The first kappa shape index (κ1) is 16.1. The molecule has 21 heavy (non-hydrogen) atoms. The van der Waals surface area contributed by atoms with Gasteiger partial charge in [-0.25, -0.2) is 4.98 Å². The quantitative estimate of drug-likeness (QED) is 0.682. The molecule has 2 rings (SSSR count). The third kappa shape index (κ3) is 4.12. The number of imidazole rings is 1. The van der Waals surface area contributed by atoms with Crippen LogP contribution in [-0.2, 0) is 25.7 Å². The van der Waals surface area contributed by atoms with Gasteiger partial charge in [0.1, 0.15) is 0 Å². The van der Waals surface area contributed by atoms with Gasteiger partial charge in [-0.3, -0.25) is 0 Å². The van der Waals surface area contributed by atoms with E-state index in [1.807, 2.05) is 0 Å². The largest absolute Gasteiger partial charge is 0.449 e. The fraction of sp³-hybridized carbons (Fsp3) is 0.750. The molecule has 0 unspecified atom stereocenters. The molecule has 9 heteroatoms. The molecule has 0 amide bonds. The van der Waals surface area contributed by atoms with Crippen molar-refractivity contribution in [3.63, 3.8) is 0 Å². The molecular weight excluding hydrogens is 300 g/mol. The van der Waals surface area contributed by atoms with Gasteiger partial charge in [0.15, 0.2) is 0 Å². The molecule has 1 aromatic heterocycles. The van der Waals surface area contributed by atoms with E-state index in [1.165, 1.54) is 0 Å². The maximum absolute atomic E-state index is 12.9. The third-order valence-electron chi connectivity index (χ3n) is 3.33. The molecule has 120 valence electrons. The van der Waals surface area contributed by atoms with Crippen molar-refractivity contribution in [2.24, 2.45) is 0 Å². The van der Waals surface area contributed by atoms with E-state index in [1.54, 1.807) is 0 Å². The number of rotatable bonds is 4. The van der Waals surface area contributed by atoms with Crippen molar-refractivity contribution in [1.82, 2.24) is 14.9 Å². The van der Waals surface area contributed by atoms with E-state index < -0.39 is 24.6 Å². The van der Waals surface area contributed by atoms with Gasteiger partial charge in [-0.1, -0.05) is 0 Å². The van der Waals surface area contributed by atoms with Gasteiger partial charge in [-0.05, 0) is 12.8 Å². The van der Waals surface area contributed by atoms with Crippen LogP contribution >= 0.6 is 0 Å². The van der Waals surface area contributed by atoms with Crippen molar-refractivity contribution in [3.8, 4) is 0 Å². The van der Waals surface area contributed by atoms with E-state index in [9.17, 15) is 26.3 Å². The molecule has 0 radical (unpaired) electrons. The zero-order valence-electron chi connectivity index (χ0n) is 11.1. The van der Waals surface area contributed by atoms with Crippen LogP contribution < -0.4 is 5.32 Å². The van der Waals surface area contributed by atoms with Crippen LogP contribution in [-0.4, -0.2) is 22.3 Å². The van der Waals surface area contributed by atoms with Crippen molar-refractivity contribution in [2.75, 3.05) is 6.54 Å². The van der Waals surface area contributed by atoms with E-state index >= 15 is 0 Å². The van der Waals surface area contributed by atoms with Crippen LogP contribution in [0.1, 0.15) is 36.5 Å². The number of hydrogen-bond donors (Lipinski definition) is 1. The Morgan fingerprint density at radius 2 is 1.81 bits per heavy atom. The molecule has 1 aromatic rings. The summed E-state index contributed by atoms with van der Waals surface area (Å²) in [5.74, 6) is -1.01. The lowest BCUT2D eigenvalue weighted by Crippen LogP contribution is -2.25. The molecule has 0 atom stereocenters. The van der Waals surface area contributed by atoms with Gasteiger partial charge in [-0.15, -0.1) is 0 Å². The van der Waals surface area contributed by atoms with Gasteiger partial charge in [0.25, 0.3) is 0 Å². The Labute approximate surface area is 117 Å². The smallest absolute Gasteiger partial charge is 0.324 e. The molecular formula is C12H15F6N3. The topological polar surface area (TPSA) is 29.9 Å². The summed E-state index contributed by atoms with van der Waals surface area (Å²) in [7, 11) is 0. The molecule has 1 aliphatic rings. The second-order valence-electron chi connectivity index (χ2n) is 4.98. The summed E-state index contributed by atoms with van der Waals surface area (Å²) < 4.78 is 76.1. The number of alkyl halides is 6. The van der Waals surface area contributed by atoms with Crippen molar-refractivity contribution < 1.29 is 26.3 Å². The van der Waals surface area contributed by atoms with E-state index in [4.69, 9.17) is 0 Å². The molecule has 0 bridgehead atoms. The summed E-state index contributed by atoms with van der Waals surface area (Å²) in [6.45, 7) is 0.708. The number of nitrogens with zero attached hydrogens (tertiary/aromatic N) is 2. The molecule has 2 heterocycles. The lowest BCUT2D eigenvalue weighted by Gasteiger charge is -2.17. The summed E-state index contributed by atoms with van der Waals surface area (Å²) >= 11 is 0. The monoisotopic (exact) mass is 315 g/mol. The molecule has 0 aromatic carbocycles. The fourth-order valence-electron chi connectivity index (χ4n) is 2.42. The summed E-state index contributed by atoms with van der Waals surface area (Å²) in [6, 6.07) is 0. The molecule has 0 saturated carbocycles. The van der Waals surface area contributed by atoms with Gasteiger partial charge >= 0.3 is 12.4 Å². The van der Waals surface area contributed by atoms with E-state index in [2.05, 4.69) is 10.3 Å². The minimum atomic E-state index is -4.60. The Morgan fingerprint density at radius 1 is 1.10 bits per heavy atom. The zero-order chi connectivity index (χ0) is 15.7. The zero-order valence-corrected chi connectivity index (χ0v) is 11.1. The first-order chi connectivity index (χ1) is 9.68. The number of hydrogen-bond acceptors (Lipinski definition) is 2. The second kappa shape index (κ2) is 5.86. The van der Waals surface area contributed by atoms with Crippen LogP contribution in [0, 0.1) is 0 Å². The number of fused-ring (bicyclic) bond motifs is 1. The number of nitrogens with one attached hydrogen (secondary N) is 1. The standard InChI is InChI=1S/C12H15F6N3/c13-11(14,15)4-1-2-6-21-9-3-5-19-7-8(9)20-10(21)12(16,17)18/h19H,1-7H2. The molecule has 0 fully saturated rings. The van der Waals surface area contributed by atoms with Gasteiger partial charge < -0.3 is 9.88 Å². The Balaban J connectivity index is 2.11. The van der Waals surface area contributed by atoms with E-state index in [-0.39, 0.29) is 25.9 Å². The lowest BCUT2D eigenvalue weighted by atomic mass is 10.1. The van der Waals surface area contributed by atoms with Gasteiger partial charge in [0.05, 0.1) is 5.69 Å². The molecule has 0 aliphatic carbocycles. The van der Waals surface area contributed by atoms with Gasteiger partial charge in [0, 0.05) is 38.2 Å². The van der Waals surface area contributed by atoms with Crippen molar-refractivity contribution in [3.05, 3.63) is 17.2 Å². The highest BCUT2D eigenvalue weighted by molar-refractivity contribution is 5.21. The highest BCUT2D eigenvalue weighted by Gasteiger charge is 2.39. The molecule has 0 spiro atoms. The molecule has 1 N–H and O–H groups in total. The summed E-state index contributed by atoms with van der Waals surface area (Å²) in [5, 5.41) is 2.93. The minimum absolute atomic E-state index is 0.0405. The van der Waals surface area contributed by atoms with Crippen LogP contribution in [0.3, 0.4) is 0 Å². The van der Waals surface area contributed by atoms with Crippen LogP contribution in [0.4, 0.5) is 26.3 Å². The van der Waals surface area contributed by atoms with Crippen molar-refractivity contribution in [1.29, 1.82) is 0 Å². The van der Waals surface area contributed by atoms with Crippen LogP contribution in [0.15, 0.2) is 0 Å². The highest BCUT2D eigenvalue weighted by Crippen LogP contribution is 2.32. The fourth-order valence-corrected chi connectivity index (χ4v) is 2.42. The molecule has 0 saturated heterocycles. The van der Waals surface area contributed by atoms with E-state index in [0.717, 1.165) is 4.57 Å². The predicted molar refractivity (Wildman–Crippen MR) is 62.5 cm³/mol. The highest BCUT2D eigenvalue weighted by atomic mass is 19.4. The first-order valence-electron chi connectivity index (χ1n) is 6.61. The Kier molecular flexibility index (Phi) is 4.50. The Hall–Kier alpha value is -1.25. The number of halogens is 6. The van der Waals surface area contributed by atoms with Crippen LogP contribution in [0.5, 0.6) is 0 Å². The minimum Gasteiger partial charge on any atom is -0.324 e. The average Bonchev–Trinajstić information content (AvgIpc) is 2.72. The Bertz CT molecular complexity index is 488. The average molecular weight is 315 g/mol. The SMILES string of the molecule is FC(F)(F)CCCCn1c(C(F)(F)F)nc2c1CCNC2. The normalized spacial score (nSPS) is 16.1. The summed E-state index contributed by atoms with van der Waals surface area (Å²) in [5.41, 5.74) is 0.817.